The molecule has 1 aromatic heterocycles. The minimum absolute atomic E-state index is 0. The van der Waals surface area contributed by atoms with Crippen LogP contribution in [0.2, 0.25) is 0 Å². The fourth-order valence-electron chi connectivity index (χ4n) is 1.96. The van der Waals surface area contributed by atoms with E-state index in [0.29, 0.717) is 13.1 Å². The summed E-state index contributed by atoms with van der Waals surface area (Å²) >= 11 is 0. The molecule has 0 fully saturated rings. The second-order valence-electron chi connectivity index (χ2n) is 4.38. The molecule has 0 saturated heterocycles. The summed E-state index contributed by atoms with van der Waals surface area (Å²) in [6.45, 7) is 1.25. The fourth-order valence-corrected chi connectivity index (χ4v) is 1.96. The summed E-state index contributed by atoms with van der Waals surface area (Å²) in [5, 5.41) is 2.78. The fraction of sp³-hybridized carbons (Fsp3) is 0.385. The van der Waals surface area contributed by atoms with Gasteiger partial charge in [-0.3, -0.25) is 9.36 Å². The summed E-state index contributed by atoms with van der Waals surface area (Å²) in [5.41, 5.74) is 6.59. The average Bonchev–Trinajstić information content (AvgIpc) is 2.72. The van der Waals surface area contributed by atoms with Gasteiger partial charge < -0.3 is 16.0 Å². The smallest absolute Gasteiger partial charge is 0.326 e. The first-order valence-corrected chi connectivity index (χ1v) is 6.36. The minimum Gasteiger partial charge on any atom is -0.355 e. The van der Waals surface area contributed by atoms with Crippen molar-refractivity contribution in [1.82, 2.24) is 14.9 Å². The first-order valence-electron chi connectivity index (χ1n) is 6.36. The van der Waals surface area contributed by atoms with E-state index in [1.165, 1.54) is 4.57 Å². The number of nitrogens with one attached hydrogen (secondary N) is 2. The molecule has 0 bridgehead atoms. The number of amides is 1. The highest BCUT2D eigenvalue weighted by Gasteiger charge is 2.09. The van der Waals surface area contributed by atoms with Crippen LogP contribution in [0.15, 0.2) is 29.1 Å². The summed E-state index contributed by atoms with van der Waals surface area (Å²) in [7, 11) is 0. The maximum atomic E-state index is 11.8. The normalized spacial score (nSPS) is 10.2. The molecule has 0 atom stereocenters. The number of hydrogen-bond donors (Lipinski definition) is 3. The van der Waals surface area contributed by atoms with E-state index in [-0.39, 0.29) is 30.5 Å². The Hall–Kier alpha value is -1.79. The van der Waals surface area contributed by atoms with E-state index >= 15 is 0 Å². The Morgan fingerprint density at radius 3 is 2.80 bits per heavy atom. The average molecular weight is 299 g/mol. The lowest BCUT2D eigenvalue weighted by atomic mass is 10.3. The van der Waals surface area contributed by atoms with E-state index in [0.717, 1.165) is 23.9 Å². The van der Waals surface area contributed by atoms with Gasteiger partial charge in [0, 0.05) is 6.54 Å². The van der Waals surface area contributed by atoms with Crippen LogP contribution >= 0.6 is 12.4 Å². The van der Waals surface area contributed by atoms with E-state index in [1.807, 2.05) is 24.3 Å². The molecule has 0 spiro atoms. The molecule has 0 aliphatic rings. The van der Waals surface area contributed by atoms with Gasteiger partial charge in [0.25, 0.3) is 0 Å². The largest absolute Gasteiger partial charge is 0.355 e. The van der Waals surface area contributed by atoms with Crippen LogP contribution < -0.4 is 16.7 Å². The topological polar surface area (TPSA) is 92.9 Å². The lowest BCUT2D eigenvalue weighted by Gasteiger charge is -2.05. The standard InChI is InChI=1S/C13H18N4O2.ClH/c14-7-3-4-8-15-12(18)9-17-11-6-2-1-5-10(11)16-13(17)19;/h1-2,5-6H,3-4,7-9,14H2,(H,15,18)(H,16,19);1H. The number of aromatic nitrogens is 2. The molecule has 1 heterocycles. The summed E-state index contributed by atoms with van der Waals surface area (Å²) in [6.07, 6.45) is 1.73. The van der Waals surface area contributed by atoms with Crippen LogP contribution in [0, 0.1) is 0 Å². The molecule has 0 aliphatic carbocycles. The number of rotatable bonds is 6. The highest BCUT2D eigenvalue weighted by Crippen LogP contribution is 2.08. The van der Waals surface area contributed by atoms with Gasteiger partial charge in [0.2, 0.25) is 5.91 Å². The van der Waals surface area contributed by atoms with E-state index < -0.39 is 0 Å². The molecular formula is C13H19ClN4O2. The van der Waals surface area contributed by atoms with Crippen LogP contribution in [0.3, 0.4) is 0 Å². The number of aromatic amines is 1. The zero-order chi connectivity index (χ0) is 13.7. The second-order valence-corrected chi connectivity index (χ2v) is 4.38. The van der Waals surface area contributed by atoms with E-state index in [9.17, 15) is 9.59 Å². The number of nitrogens with zero attached hydrogens (tertiary/aromatic N) is 1. The zero-order valence-corrected chi connectivity index (χ0v) is 11.9. The number of nitrogens with two attached hydrogens (primary N) is 1. The third kappa shape index (κ3) is 3.85. The van der Waals surface area contributed by atoms with Gasteiger partial charge in [-0.1, -0.05) is 12.1 Å². The first-order chi connectivity index (χ1) is 9.22. The molecular weight excluding hydrogens is 280 g/mol. The molecule has 0 aliphatic heterocycles. The summed E-state index contributed by atoms with van der Waals surface area (Å²) in [4.78, 5) is 26.2. The molecule has 7 heteroatoms. The monoisotopic (exact) mass is 298 g/mol. The highest BCUT2D eigenvalue weighted by atomic mass is 35.5. The second kappa shape index (κ2) is 7.72. The number of halogens is 1. The van der Waals surface area contributed by atoms with Crippen molar-refractivity contribution in [1.29, 1.82) is 0 Å². The van der Waals surface area contributed by atoms with Crippen molar-refractivity contribution in [3.8, 4) is 0 Å². The summed E-state index contributed by atoms with van der Waals surface area (Å²) in [6, 6.07) is 7.31. The molecule has 6 nitrogen and oxygen atoms in total. The molecule has 0 unspecified atom stereocenters. The van der Waals surface area contributed by atoms with Gasteiger partial charge in [0.05, 0.1) is 11.0 Å². The first kappa shape index (κ1) is 16.3. The number of H-pyrrole nitrogens is 1. The Labute approximate surface area is 122 Å². The van der Waals surface area contributed by atoms with Gasteiger partial charge in [-0.15, -0.1) is 12.4 Å². The van der Waals surface area contributed by atoms with Crippen LogP contribution in [-0.2, 0) is 11.3 Å². The number of hydrogen-bond acceptors (Lipinski definition) is 3. The number of unbranched alkanes of at least 4 members (excludes halogenated alkanes) is 1. The number of benzene rings is 1. The van der Waals surface area contributed by atoms with Crippen LogP contribution in [0.25, 0.3) is 11.0 Å². The molecule has 0 radical (unpaired) electrons. The number of carbonyl (C=O) groups excluding carboxylic acids is 1. The predicted molar refractivity (Wildman–Crippen MR) is 81.1 cm³/mol. The summed E-state index contributed by atoms with van der Waals surface area (Å²) < 4.78 is 1.44. The van der Waals surface area contributed by atoms with Crippen molar-refractivity contribution in [2.45, 2.75) is 19.4 Å². The lowest BCUT2D eigenvalue weighted by molar-refractivity contribution is -0.121. The van der Waals surface area contributed by atoms with Crippen LogP contribution in [-0.4, -0.2) is 28.5 Å². The third-order valence-corrected chi connectivity index (χ3v) is 2.94. The third-order valence-electron chi connectivity index (χ3n) is 2.94. The van der Waals surface area contributed by atoms with Crippen molar-refractivity contribution in [2.24, 2.45) is 5.73 Å². The van der Waals surface area contributed by atoms with Gasteiger partial charge in [-0.25, -0.2) is 4.79 Å². The number of carbonyl (C=O) groups is 1. The summed E-state index contributed by atoms with van der Waals surface area (Å²) in [5.74, 6) is -0.163. The Kier molecular flexibility index (Phi) is 6.27. The molecule has 110 valence electrons. The van der Waals surface area contributed by atoms with Crippen LogP contribution in [0.1, 0.15) is 12.8 Å². The zero-order valence-electron chi connectivity index (χ0n) is 11.1. The lowest BCUT2D eigenvalue weighted by Crippen LogP contribution is -2.32. The predicted octanol–water partition coefficient (Wildman–Crippen LogP) is 0.607. The van der Waals surface area contributed by atoms with Gasteiger partial charge >= 0.3 is 5.69 Å². The van der Waals surface area contributed by atoms with Crippen molar-refractivity contribution in [3.05, 3.63) is 34.7 Å². The van der Waals surface area contributed by atoms with Gasteiger partial charge in [-0.2, -0.15) is 0 Å². The molecule has 4 N–H and O–H groups in total. The van der Waals surface area contributed by atoms with Crippen molar-refractivity contribution >= 4 is 29.3 Å². The molecule has 0 saturated carbocycles. The molecule has 1 amide bonds. The van der Waals surface area contributed by atoms with Gasteiger partial charge in [-0.05, 0) is 31.5 Å². The van der Waals surface area contributed by atoms with E-state index in [2.05, 4.69) is 10.3 Å². The van der Waals surface area contributed by atoms with Crippen molar-refractivity contribution in [2.75, 3.05) is 13.1 Å². The maximum Gasteiger partial charge on any atom is 0.326 e. The molecule has 1 aromatic carbocycles. The Balaban J connectivity index is 0.00000200. The highest BCUT2D eigenvalue weighted by molar-refractivity contribution is 5.85. The minimum atomic E-state index is -0.265. The SMILES string of the molecule is Cl.NCCCCNC(=O)Cn1c(=O)[nH]c2ccccc21. The quantitative estimate of drug-likeness (QED) is 0.682. The molecule has 2 aromatic rings. The van der Waals surface area contributed by atoms with Gasteiger partial charge in [0.15, 0.2) is 0 Å². The molecule has 2 rings (SSSR count). The number of imidazole rings is 1. The number of para-hydroxylation sites is 2. The number of fused-ring (bicyclic) bond motifs is 1. The van der Waals surface area contributed by atoms with Gasteiger partial charge in [0.1, 0.15) is 6.54 Å². The van der Waals surface area contributed by atoms with E-state index in [4.69, 9.17) is 5.73 Å². The maximum absolute atomic E-state index is 11.8. The van der Waals surface area contributed by atoms with Crippen molar-refractivity contribution in [3.63, 3.8) is 0 Å². The Morgan fingerprint density at radius 1 is 1.30 bits per heavy atom. The molecule has 20 heavy (non-hydrogen) atoms. The Bertz CT molecular complexity index is 620. The van der Waals surface area contributed by atoms with Crippen molar-refractivity contribution < 1.29 is 4.79 Å². The van der Waals surface area contributed by atoms with E-state index in [1.54, 1.807) is 0 Å². The van der Waals surface area contributed by atoms with Crippen LogP contribution in [0.4, 0.5) is 0 Å². The Morgan fingerprint density at radius 2 is 2.05 bits per heavy atom. The van der Waals surface area contributed by atoms with Crippen LogP contribution in [0.5, 0.6) is 0 Å².